The lowest BCUT2D eigenvalue weighted by Gasteiger charge is -2.28. The molecule has 0 amide bonds. The lowest BCUT2D eigenvalue weighted by molar-refractivity contribution is -0.151. The van der Waals surface area contributed by atoms with Gasteiger partial charge >= 0.3 is 5.97 Å². The number of hydrogen-bond donors (Lipinski definition) is 2. The normalized spacial score (nSPS) is 22.1. The molecule has 0 radical (unpaired) electrons. The number of carbonyl (C=O) groups excluding carboxylic acids is 2. The van der Waals surface area contributed by atoms with E-state index in [1.807, 2.05) is 30.3 Å². The van der Waals surface area contributed by atoms with E-state index >= 15 is 0 Å². The third kappa shape index (κ3) is 2.88. The number of ketones is 1. The van der Waals surface area contributed by atoms with Crippen LogP contribution in [0.4, 0.5) is 0 Å². The van der Waals surface area contributed by atoms with E-state index in [9.17, 15) is 9.59 Å². The summed E-state index contributed by atoms with van der Waals surface area (Å²) in [5, 5.41) is 0. The number of hydrazine groups is 1. The SMILES string of the molecule is CCOC(=O)C1C(=O)C=C(NN)CC1c1ccccc1. The maximum Gasteiger partial charge on any atom is 0.317 e. The number of nitrogens with one attached hydrogen (secondary N) is 1. The fourth-order valence-corrected chi connectivity index (χ4v) is 2.50. The number of rotatable bonds is 4. The van der Waals surface area contributed by atoms with Crippen LogP contribution in [-0.2, 0) is 14.3 Å². The Hall–Kier alpha value is -2.14. The minimum absolute atomic E-state index is 0.251. The van der Waals surface area contributed by atoms with E-state index in [1.165, 1.54) is 6.08 Å². The van der Waals surface area contributed by atoms with Gasteiger partial charge in [-0.2, -0.15) is 0 Å². The number of allylic oxidation sites excluding steroid dienone is 2. The summed E-state index contributed by atoms with van der Waals surface area (Å²) >= 11 is 0. The van der Waals surface area contributed by atoms with E-state index in [1.54, 1.807) is 6.92 Å². The molecular formula is C15H18N2O3. The molecule has 0 aliphatic heterocycles. The van der Waals surface area contributed by atoms with Crippen LogP contribution in [0.1, 0.15) is 24.8 Å². The summed E-state index contributed by atoms with van der Waals surface area (Å²) in [6.07, 6.45) is 1.90. The van der Waals surface area contributed by atoms with Crippen LogP contribution in [0.2, 0.25) is 0 Å². The lowest BCUT2D eigenvalue weighted by Crippen LogP contribution is -2.37. The highest BCUT2D eigenvalue weighted by Crippen LogP contribution is 2.35. The zero-order chi connectivity index (χ0) is 14.5. The second-order valence-electron chi connectivity index (χ2n) is 4.67. The summed E-state index contributed by atoms with van der Waals surface area (Å²) in [6, 6.07) is 9.48. The molecule has 2 rings (SSSR count). The van der Waals surface area contributed by atoms with Crippen molar-refractivity contribution in [2.24, 2.45) is 11.8 Å². The topological polar surface area (TPSA) is 81.4 Å². The Kier molecular flexibility index (Phi) is 4.53. The summed E-state index contributed by atoms with van der Waals surface area (Å²) in [5.74, 6) is 3.61. The van der Waals surface area contributed by atoms with Crippen LogP contribution in [0.3, 0.4) is 0 Å². The Morgan fingerprint density at radius 2 is 2.10 bits per heavy atom. The van der Waals surface area contributed by atoms with Crippen molar-refractivity contribution in [3.05, 3.63) is 47.7 Å². The quantitative estimate of drug-likeness (QED) is 0.374. The van der Waals surface area contributed by atoms with Crippen LogP contribution < -0.4 is 11.3 Å². The minimum atomic E-state index is -0.797. The van der Waals surface area contributed by atoms with E-state index in [0.717, 1.165) is 5.56 Å². The number of carbonyl (C=O) groups is 2. The van der Waals surface area contributed by atoms with Crippen molar-refractivity contribution in [1.82, 2.24) is 5.43 Å². The number of ether oxygens (including phenoxy) is 1. The van der Waals surface area contributed by atoms with E-state index in [-0.39, 0.29) is 18.3 Å². The maximum atomic E-state index is 12.2. The van der Waals surface area contributed by atoms with Crippen LogP contribution in [0, 0.1) is 5.92 Å². The van der Waals surface area contributed by atoms with Crippen molar-refractivity contribution in [3.8, 4) is 0 Å². The average Bonchev–Trinajstić information content (AvgIpc) is 2.47. The summed E-state index contributed by atoms with van der Waals surface area (Å²) in [4.78, 5) is 24.3. The highest BCUT2D eigenvalue weighted by Gasteiger charge is 2.39. The first-order valence-electron chi connectivity index (χ1n) is 6.60. The summed E-state index contributed by atoms with van der Waals surface area (Å²) in [7, 11) is 0. The number of esters is 1. The molecular weight excluding hydrogens is 256 g/mol. The van der Waals surface area contributed by atoms with Crippen LogP contribution >= 0.6 is 0 Å². The molecule has 3 N–H and O–H groups in total. The molecule has 20 heavy (non-hydrogen) atoms. The van der Waals surface area contributed by atoms with Gasteiger partial charge in [0.15, 0.2) is 5.78 Å². The van der Waals surface area contributed by atoms with Crippen molar-refractivity contribution in [3.63, 3.8) is 0 Å². The molecule has 5 nitrogen and oxygen atoms in total. The van der Waals surface area contributed by atoms with Crippen LogP contribution in [0.15, 0.2) is 42.1 Å². The number of benzene rings is 1. The van der Waals surface area contributed by atoms with E-state index in [4.69, 9.17) is 10.6 Å². The predicted octanol–water partition coefficient (Wildman–Crippen LogP) is 1.27. The predicted molar refractivity (Wildman–Crippen MR) is 74.3 cm³/mol. The van der Waals surface area contributed by atoms with Gasteiger partial charge in [0.1, 0.15) is 5.92 Å². The first-order valence-corrected chi connectivity index (χ1v) is 6.60. The highest BCUT2D eigenvalue weighted by atomic mass is 16.5. The fraction of sp³-hybridized carbons (Fsp3) is 0.333. The Morgan fingerprint density at radius 3 is 2.70 bits per heavy atom. The Balaban J connectivity index is 2.36. The third-order valence-electron chi connectivity index (χ3n) is 3.42. The highest BCUT2D eigenvalue weighted by molar-refractivity contribution is 6.07. The van der Waals surface area contributed by atoms with Gasteiger partial charge in [-0.25, -0.2) is 0 Å². The van der Waals surface area contributed by atoms with Gasteiger partial charge in [-0.1, -0.05) is 30.3 Å². The van der Waals surface area contributed by atoms with Gasteiger partial charge in [-0.3, -0.25) is 15.4 Å². The monoisotopic (exact) mass is 274 g/mol. The molecule has 1 aromatic carbocycles. The summed E-state index contributed by atoms with van der Waals surface area (Å²) in [5.41, 5.74) is 4.07. The summed E-state index contributed by atoms with van der Waals surface area (Å²) < 4.78 is 5.03. The molecule has 5 heteroatoms. The van der Waals surface area contributed by atoms with Gasteiger partial charge < -0.3 is 10.2 Å². The maximum absolute atomic E-state index is 12.2. The van der Waals surface area contributed by atoms with Crippen molar-refractivity contribution >= 4 is 11.8 Å². The number of hydrogen-bond acceptors (Lipinski definition) is 5. The van der Waals surface area contributed by atoms with Crippen molar-refractivity contribution in [1.29, 1.82) is 0 Å². The standard InChI is InChI=1S/C15H18N2O3/c1-2-20-15(19)14-12(10-6-4-3-5-7-10)8-11(17-16)9-13(14)18/h3-7,9,12,14,17H,2,8,16H2,1H3. The molecule has 1 aromatic rings. The Labute approximate surface area is 117 Å². The van der Waals surface area contributed by atoms with E-state index < -0.39 is 11.9 Å². The lowest BCUT2D eigenvalue weighted by atomic mass is 9.76. The zero-order valence-corrected chi connectivity index (χ0v) is 11.3. The molecule has 0 heterocycles. The first kappa shape index (κ1) is 14.3. The van der Waals surface area contributed by atoms with Crippen molar-refractivity contribution in [2.45, 2.75) is 19.3 Å². The Morgan fingerprint density at radius 1 is 1.40 bits per heavy atom. The fourth-order valence-electron chi connectivity index (χ4n) is 2.50. The second-order valence-corrected chi connectivity index (χ2v) is 4.67. The Bertz CT molecular complexity index is 525. The van der Waals surface area contributed by atoms with Gasteiger partial charge in [-0.15, -0.1) is 0 Å². The average molecular weight is 274 g/mol. The second kappa shape index (κ2) is 6.34. The van der Waals surface area contributed by atoms with Crippen molar-refractivity contribution in [2.75, 3.05) is 6.61 Å². The largest absolute Gasteiger partial charge is 0.465 e. The molecule has 0 saturated heterocycles. The molecule has 1 aliphatic rings. The number of nitrogens with two attached hydrogens (primary N) is 1. The third-order valence-corrected chi connectivity index (χ3v) is 3.42. The molecule has 2 atom stereocenters. The van der Waals surface area contributed by atoms with Crippen LogP contribution in [-0.4, -0.2) is 18.4 Å². The first-order chi connectivity index (χ1) is 9.67. The van der Waals surface area contributed by atoms with Gasteiger partial charge in [0.25, 0.3) is 0 Å². The molecule has 0 aromatic heterocycles. The van der Waals surface area contributed by atoms with Crippen LogP contribution in [0.5, 0.6) is 0 Å². The van der Waals surface area contributed by atoms with Gasteiger partial charge in [0, 0.05) is 17.7 Å². The minimum Gasteiger partial charge on any atom is -0.465 e. The van der Waals surface area contributed by atoms with Gasteiger partial charge in [-0.05, 0) is 18.9 Å². The van der Waals surface area contributed by atoms with Crippen LogP contribution in [0.25, 0.3) is 0 Å². The van der Waals surface area contributed by atoms with Crippen molar-refractivity contribution < 1.29 is 14.3 Å². The summed E-state index contributed by atoms with van der Waals surface area (Å²) in [6.45, 7) is 1.99. The molecule has 0 saturated carbocycles. The smallest absolute Gasteiger partial charge is 0.317 e. The molecule has 0 fully saturated rings. The molecule has 0 bridgehead atoms. The zero-order valence-electron chi connectivity index (χ0n) is 11.3. The van der Waals surface area contributed by atoms with E-state index in [0.29, 0.717) is 12.1 Å². The van der Waals surface area contributed by atoms with Gasteiger partial charge in [0.05, 0.1) is 6.61 Å². The molecule has 1 aliphatic carbocycles. The molecule has 2 unspecified atom stereocenters. The molecule has 106 valence electrons. The van der Waals surface area contributed by atoms with Gasteiger partial charge in [0.2, 0.25) is 0 Å². The molecule has 0 spiro atoms. The van der Waals surface area contributed by atoms with E-state index in [2.05, 4.69) is 5.43 Å².